The van der Waals surface area contributed by atoms with Gasteiger partial charge in [-0.25, -0.2) is 0 Å². The van der Waals surface area contributed by atoms with Crippen LogP contribution in [0.5, 0.6) is 0 Å². The normalized spacial score (nSPS) is 11.7. The Morgan fingerprint density at radius 2 is 1.71 bits per heavy atom. The number of allylic oxidation sites excluding steroid dienone is 3. The van der Waals surface area contributed by atoms with Crippen molar-refractivity contribution in [3.63, 3.8) is 0 Å². The van der Waals surface area contributed by atoms with Gasteiger partial charge >= 0.3 is 0 Å². The van der Waals surface area contributed by atoms with Crippen molar-refractivity contribution < 1.29 is 0 Å². The van der Waals surface area contributed by atoms with Crippen LogP contribution in [-0.4, -0.2) is 4.57 Å². The van der Waals surface area contributed by atoms with Gasteiger partial charge in [0, 0.05) is 16.5 Å². The number of aryl methyl sites for hydroxylation is 2. The third-order valence-electron chi connectivity index (χ3n) is 6.06. The molecule has 1 nitrogen and oxygen atoms in total. The van der Waals surface area contributed by atoms with Crippen LogP contribution < -0.4 is 0 Å². The topological polar surface area (TPSA) is 4.93 Å². The molecule has 0 aliphatic rings. The largest absolute Gasteiger partial charge is 0.309 e. The maximum atomic E-state index is 3.31. The second-order valence-corrected chi connectivity index (χ2v) is 8.35. The van der Waals surface area contributed by atoms with Crippen LogP contribution in [-0.2, 0) is 0 Å². The van der Waals surface area contributed by atoms with E-state index >= 15 is 0 Å². The number of nitrogens with zero attached hydrogens (tertiary/aromatic N) is 1. The van der Waals surface area contributed by atoms with E-state index in [1.807, 2.05) is 6.08 Å². The summed E-state index contributed by atoms with van der Waals surface area (Å²) in [6.45, 7) is 8.80. The Morgan fingerprint density at radius 3 is 2.48 bits per heavy atom. The van der Waals surface area contributed by atoms with Crippen LogP contribution in [0.2, 0.25) is 0 Å². The summed E-state index contributed by atoms with van der Waals surface area (Å²) in [6, 6.07) is 22.1. The molecule has 0 spiro atoms. The SMILES string of the molecule is CCCCC=C=C/C=C(\C)c1ccc2c(c1C)c1ccccc1n2-c1ccc(C)cc1. The van der Waals surface area contributed by atoms with Gasteiger partial charge in [-0.15, -0.1) is 5.73 Å². The van der Waals surface area contributed by atoms with Crippen molar-refractivity contribution >= 4 is 27.4 Å². The standard InChI is InChI=1S/C30H31N/c1-5-6-7-8-9-10-13-23(3)26-20-21-29-30(24(26)4)27-14-11-12-15-28(27)31(29)25-18-16-22(2)17-19-25/h8,10-21H,5-7H2,1-4H3/b23-13+. The lowest BCUT2D eigenvalue weighted by molar-refractivity contribution is 0.815. The van der Waals surface area contributed by atoms with E-state index in [1.54, 1.807) is 0 Å². The third-order valence-corrected chi connectivity index (χ3v) is 6.06. The molecule has 0 unspecified atom stereocenters. The summed E-state index contributed by atoms with van der Waals surface area (Å²) >= 11 is 0. The monoisotopic (exact) mass is 405 g/mol. The molecule has 3 aromatic carbocycles. The number of para-hydroxylation sites is 1. The fourth-order valence-corrected chi connectivity index (χ4v) is 4.35. The fraction of sp³-hybridized carbons (Fsp3) is 0.233. The highest BCUT2D eigenvalue weighted by Gasteiger charge is 2.15. The molecular formula is C30H31N. The lowest BCUT2D eigenvalue weighted by Gasteiger charge is -2.11. The Balaban J connectivity index is 1.86. The van der Waals surface area contributed by atoms with Gasteiger partial charge in [0.2, 0.25) is 0 Å². The van der Waals surface area contributed by atoms with E-state index in [4.69, 9.17) is 0 Å². The zero-order chi connectivity index (χ0) is 21.8. The van der Waals surface area contributed by atoms with Gasteiger partial charge in [0.1, 0.15) is 0 Å². The minimum absolute atomic E-state index is 1.10. The van der Waals surface area contributed by atoms with E-state index in [1.165, 1.54) is 62.6 Å². The van der Waals surface area contributed by atoms with Crippen molar-refractivity contribution in [3.05, 3.63) is 101 Å². The molecule has 31 heavy (non-hydrogen) atoms. The average molecular weight is 406 g/mol. The number of benzene rings is 3. The molecule has 0 N–H and O–H groups in total. The Bertz CT molecular complexity index is 1310. The van der Waals surface area contributed by atoms with Crippen molar-refractivity contribution in [1.29, 1.82) is 0 Å². The Hall–Kier alpha value is -3.28. The molecule has 1 aromatic heterocycles. The van der Waals surface area contributed by atoms with Gasteiger partial charge in [-0.3, -0.25) is 0 Å². The first-order valence-electron chi connectivity index (χ1n) is 11.3. The predicted molar refractivity (Wildman–Crippen MR) is 136 cm³/mol. The molecule has 0 saturated heterocycles. The van der Waals surface area contributed by atoms with Crippen LogP contribution in [0.3, 0.4) is 0 Å². The summed E-state index contributed by atoms with van der Waals surface area (Å²) in [4.78, 5) is 0. The molecule has 0 fully saturated rings. The van der Waals surface area contributed by atoms with Crippen LogP contribution in [0.15, 0.2) is 84.6 Å². The smallest absolute Gasteiger partial charge is 0.0544 e. The van der Waals surface area contributed by atoms with E-state index in [0.29, 0.717) is 0 Å². The van der Waals surface area contributed by atoms with E-state index in [0.717, 1.165) is 6.42 Å². The van der Waals surface area contributed by atoms with Gasteiger partial charge in [-0.05, 0) is 86.7 Å². The average Bonchev–Trinajstić information content (AvgIpc) is 3.12. The highest BCUT2D eigenvalue weighted by atomic mass is 15.0. The maximum Gasteiger partial charge on any atom is 0.0544 e. The number of unbranched alkanes of at least 4 members (excludes halogenated alkanes) is 2. The van der Waals surface area contributed by atoms with Crippen molar-refractivity contribution in [3.8, 4) is 5.69 Å². The lowest BCUT2D eigenvalue weighted by Crippen LogP contribution is -1.94. The first-order valence-corrected chi connectivity index (χ1v) is 11.3. The molecule has 4 aromatic rings. The van der Waals surface area contributed by atoms with Crippen molar-refractivity contribution in [2.24, 2.45) is 0 Å². The molecule has 4 rings (SSSR count). The number of rotatable bonds is 6. The van der Waals surface area contributed by atoms with Crippen molar-refractivity contribution in [1.82, 2.24) is 4.57 Å². The van der Waals surface area contributed by atoms with Gasteiger partial charge in [0.25, 0.3) is 0 Å². The second-order valence-electron chi connectivity index (χ2n) is 8.35. The lowest BCUT2D eigenvalue weighted by atomic mass is 9.97. The predicted octanol–water partition coefficient (Wildman–Crippen LogP) is 8.71. The quantitative estimate of drug-likeness (QED) is 0.172. The van der Waals surface area contributed by atoms with E-state index < -0.39 is 0 Å². The van der Waals surface area contributed by atoms with E-state index in [-0.39, 0.29) is 0 Å². The molecule has 0 radical (unpaired) electrons. The molecule has 0 amide bonds. The molecule has 0 aliphatic carbocycles. The number of hydrogen-bond acceptors (Lipinski definition) is 0. The Morgan fingerprint density at radius 1 is 0.935 bits per heavy atom. The molecule has 0 bridgehead atoms. The number of aromatic nitrogens is 1. The van der Waals surface area contributed by atoms with Gasteiger partial charge < -0.3 is 4.57 Å². The molecule has 0 aliphatic heterocycles. The summed E-state index contributed by atoms with van der Waals surface area (Å²) in [7, 11) is 0. The molecule has 156 valence electrons. The summed E-state index contributed by atoms with van der Waals surface area (Å²) in [5, 5.41) is 2.64. The molecule has 0 saturated carbocycles. The summed E-state index contributed by atoms with van der Waals surface area (Å²) in [5.41, 5.74) is 12.2. The van der Waals surface area contributed by atoms with Crippen LogP contribution >= 0.6 is 0 Å². The highest BCUT2D eigenvalue weighted by Crippen LogP contribution is 2.36. The first-order chi connectivity index (χ1) is 15.1. The Kier molecular flexibility index (Phi) is 6.26. The second kappa shape index (κ2) is 9.25. The molecule has 1 heterocycles. The third kappa shape index (κ3) is 4.15. The van der Waals surface area contributed by atoms with Crippen LogP contribution in [0.4, 0.5) is 0 Å². The highest BCUT2D eigenvalue weighted by molar-refractivity contribution is 6.11. The van der Waals surface area contributed by atoms with Crippen molar-refractivity contribution in [2.75, 3.05) is 0 Å². The van der Waals surface area contributed by atoms with Crippen LogP contribution in [0, 0.1) is 13.8 Å². The van der Waals surface area contributed by atoms with Gasteiger partial charge in [0.15, 0.2) is 0 Å². The van der Waals surface area contributed by atoms with Gasteiger partial charge in [0.05, 0.1) is 11.0 Å². The zero-order valence-corrected chi connectivity index (χ0v) is 19.1. The zero-order valence-electron chi connectivity index (χ0n) is 19.1. The minimum Gasteiger partial charge on any atom is -0.309 e. The fourth-order valence-electron chi connectivity index (χ4n) is 4.35. The van der Waals surface area contributed by atoms with Gasteiger partial charge in [-0.1, -0.05) is 61.4 Å². The Labute approximate surface area is 186 Å². The number of fused-ring (bicyclic) bond motifs is 3. The molecular weight excluding hydrogens is 374 g/mol. The summed E-state index contributed by atoms with van der Waals surface area (Å²) in [6.07, 6.45) is 9.91. The van der Waals surface area contributed by atoms with Crippen LogP contribution in [0.1, 0.15) is 49.8 Å². The summed E-state index contributed by atoms with van der Waals surface area (Å²) < 4.78 is 2.39. The number of hydrogen-bond donors (Lipinski definition) is 0. The molecule has 1 heteroatoms. The van der Waals surface area contributed by atoms with E-state index in [9.17, 15) is 0 Å². The van der Waals surface area contributed by atoms with Gasteiger partial charge in [-0.2, -0.15) is 0 Å². The summed E-state index contributed by atoms with van der Waals surface area (Å²) in [5.74, 6) is 0. The first kappa shape index (κ1) is 21.0. The molecule has 0 atom stereocenters. The maximum absolute atomic E-state index is 3.31. The minimum atomic E-state index is 1.10. The van der Waals surface area contributed by atoms with E-state index in [2.05, 4.69) is 111 Å². The van der Waals surface area contributed by atoms with Crippen LogP contribution in [0.25, 0.3) is 33.1 Å². The van der Waals surface area contributed by atoms with Crippen molar-refractivity contribution in [2.45, 2.75) is 47.0 Å².